The van der Waals surface area contributed by atoms with Crippen LogP contribution in [0.4, 0.5) is 9.18 Å². The van der Waals surface area contributed by atoms with Gasteiger partial charge in [-0.2, -0.15) is 0 Å². The number of methoxy groups -OCH3 is 1. The van der Waals surface area contributed by atoms with Crippen LogP contribution in [0.3, 0.4) is 0 Å². The van der Waals surface area contributed by atoms with Crippen LogP contribution in [0.5, 0.6) is 23.1 Å². The van der Waals surface area contributed by atoms with Gasteiger partial charge < -0.3 is 24.0 Å². The topological polar surface area (TPSA) is 111 Å². The van der Waals surface area contributed by atoms with Gasteiger partial charge in [0.1, 0.15) is 6.33 Å². The highest BCUT2D eigenvalue weighted by atomic mass is 19.1. The number of likely N-dealkylation sites (N-methyl/N-ethyl adjacent to an activating group) is 1. The van der Waals surface area contributed by atoms with E-state index in [9.17, 15) is 14.4 Å². The normalized spacial score (nSPS) is 17.3. The van der Waals surface area contributed by atoms with Crippen molar-refractivity contribution in [3.05, 3.63) is 83.4 Å². The molecule has 0 spiro atoms. The molecule has 0 radical (unpaired) electrons. The summed E-state index contributed by atoms with van der Waals surface area (Å²) in [5.41, 5.74) is 1.83. The Morgan fingerprint density at radius 3 is 2.28 bits per heavy atom. The molecule has 1 saturated heterocycles. The molecule has 6 rings (SSSR count). The summed E-state index contributed by atoms with van der Waals surface area (Å²) < 4.78 is 32.4. The van der Waals surface area contributed by atoms with E-state index >= 15 is 4.39 Å². The first kappa shape index (κ1) is 32.1. The summed E-state index contributed by atoms with van der Waals surface area (Å²) in [5.74, 6) is -0.563. The third kappa shape index (κ3) is 6.80. The molecule has 0 unspecified atom stereocenters. The van der Waals surface area contributed by atoms with Gasteiger partial charge in [0.2, 0.25) is 5.88 Å². The molecule has 4 aromatic rings. The van der Waals surface area contributed by atoms with Crippen LogP contribution in [-0.2, 0) is 22.4 Å². The largest absolute Gasteiger partial charge is 0.493 e. The molecule has 11 heteroatoms. The van der Waals surface area contributed by atoms with Gasteiger partial charge in [0.25, 0.3) is 0 Å². The van der Waals surface area contributed by atoms with Crippen molar-refractivity contribution >= 4 is 28.6 Å². The van der Waals surface area contributed by atoms with Crippen molar-refractivity contribution in [3.8, 4) is 23.1 Å². The van der Waals surface area contributed by atoms with Gasteiger partial charge >= 0.3 is 6.09 Å². The van der Waals surface area contributed by atoms with Gasteiger partial charge in [-0.15, -0.1) is 0 Å². The molecule has 1 saturated carbocycles. The third-order valence-corrected chi connectivity index (χ3v) is 9.02. The first-order chi connectivity index (χ1) is 22.6. The molecule has 1 aliphatic carbocycles. The first-order valence-electron chi connectivity index (χ1n) is 15.6. The van der Waals surface area contributed by atoms with Crippen molar-refractivity contribution in [2.75, 3.05) is 33.8 Å². The Hall–Kier alpha value is -4.90. The van der Waals surface area contributed by atoms with Crippen LogP contribution in [0.15, 0.2) is 60.9 Å². The van der Waals surface area contributed by atoms with Crippen LogP contribution < -0.4 is 14.2 Å². The zero-order valence-corrected chi connectivity index (χ0v) is 26.9. The van der Waals surface area contributed by atoms with Gasteiger partial charge in [-0.3, -0.25) is 9.59 Å². The maximum atomic E-state index is 15.3. The van der Waals surface area contributed by atoms with E-state index < -0.39 is 17.3 Å². The summed E-state index contributed by atoms with van der Waals surface area (Å²) >= 11 is 0. The minimum Gasteiger partial charge on any atom is -0.493 e. The number of nitrogens with zero attached hydrogens (tertiary/aromatic N) is 4. The summed E-state index contributed by atoms with van der Waals surface area (Å²) in [4.78, 5) is 51.7. The number of amides is 1. The number of hydrogen-bond acceptors (Lipinski definition) is 9. The second kappa shape index (κ2) is 13.1. The second-order valence-corrected chi connectivity index (χ2v) is 12.5. The first-order valence-corrected chi connectivity index (χ1v) is 15.6. The van der Waals surface area contributed by atoms with Crippen LogP contribution >= 0.6 is 0 Å². The number of ether oxygens (including phenoxy) is 3. The molecule has 3 aromatic carbocycles. The van der Waals surface area contributed by atoms with Crippen molar-refractivity contribution in [2.24, 2.45) is 5.41 Å². The average molecular weight is 641 g/mol. The number of rotatable bonds is 10. The van der Waals surface area contributed by atoms with Crippen LogP contribution in [0.25, 0.3) is 10.9 Å². The highest BCUT2D eigenvalue weighted by Gasteiger charge is 2.54. The summed E-state index contributed by atoms with van der Waals surface area (Å²) in [6.45, 7) is 5.96. The number of carbonyl (C=O) groups is 3. The number of carbonyl (C=O) groups excluding carboxylic acids is 3. The van der Waals surface area contributed by atoms with Crippen molar-refractivity contribution in [1.29, 1.82) is 0 Å². The SMILES string of the molecule is COc1cc2c(Oc3ccc(CC(=O)C4(C(=O)Cc5ccc(C)cc5)CC4)cc3F)ncnc2cc1OC(=O)N1CCN(C)C[C@H]1C. The number of ketones is 2. The molecule has 47 heavy (non-hydrogen) atoms. The Bertz CT molecular complexity index is 1840. The molecule has 1 amide bonds. The van der Waals surface area contributed by atoms with Gasteiger partial charge in [-0.1, -0.05) is 35.9 Å². The molecule has 10 nitrogen and oxygen atoms in total. The molecule has 2 heterocycles. The zero-order chi connectivity index (χ0) is 33.3. The molecular formula is C36H37FN4O6. The molecule has 1 aromatic heterocycles. The fourth-order valence-corrected chi connectivity index (χ4v) is 6.02. The minimum atomic E-state index is -0.995. The standard InChI is InChI=1S/C36H37FN4O6/c1-22-5-7-24(8-6-22)16-32(42)36(11-12-36)33(43)17-25-9-10-29(27(37)15-25)46-34-26-18-30(45-4)31(19-28(26)38-21-39-34)47-35(44)41-14-13-40(3)20-23(41)2/h5-10,15,18-19,21,23H,11-14,16-17,20H2,1-4H3/t23-/m1/s1. The lowest BCUT2D eigenvalue weighted by molar-refractivity contribution is -0.133. The average Bonchev–Trinajstić information content (AvgIpc) is 3.86. The van der Waals surface area contributed by atoms with E-state index in [0.29, 0.717) is 35.9 Å². The summed E-state index contributed by atoms with van der Waals surface area (Å²) in [5, 5.41) is 0.415. The van der Waals surface area contributed by atoms with Crippen LogP contribution in [0.1, 0.15) is 36.5 Å². The van der Waals surface area contributed by atoms with Crippen LogP contribution in [0, 0.1) is 18.2 Å². The maximum Gasteiger partial charge on any atom is 0.415 e. The number of aryl methyl sites for hydroxylation is 1. The van der Waals surface area contributed by atoms with Gasteiger partial charge in [0, 0.05) is 44.6 Å². The number of aromatic nitrogens is 2. The van der Waals surface area contributed by atoms with Crippen molar-refractivity contribution < 1.29 is 33.0 Å². The van der Waals surface area contributed by atoms with Crippen molar-refractivity contribution in [1.82, 2.24) is 19.8 Å². The number of hydrogen-bond donors (Lipinski definition) is 0. The van der Waals surface area contributed by atoms with E-state index in [1.165, 1.54) is 25.6 Å². The van der Waals surface area contributed by atoms with Crippen LogP contribution in [-0.4, -0.2) is 77.3 Å². The molecule has 2 aliphatic rings. The predicted octanol–water partition coefficient (Wildman–Crippen LogP) is 5.72. The lowest BCUT2D eigenvalue weighted by Crippen LogP contribution is -2.53. The fourth-order valence-electron chi connectivity index (χ4n) is 6.02. The molecule has 1 aliphatic heterocycles. The Balaban J connectivity index is 1.15. The van der Waals surface area contributed by atoms with Crippen LogP contribution in [0.2, 0.25) is 0 Å². The quantitative estimate of drug-likeness (QED) is 0.201. The van der Waals surface area contributed by atoms with Gasteiger partial charge in [-0.25, -0.2) is 19.2 Å². The number of benzene rings is 3. The van der Waals surface area contributed by atoms with E-state index in [1.807, 2.05) is 45.2 Å². The van der Waals surface area contributed by atoms with Gasteiger partial charge in [0.15, 0.2) is 34.6 Å². The zero-order valence-electron chi connectivity index (χ0n) is 26.9. The van der Waals surface area contributed by atoms with E-state index in [1.54, 1.807) is 23.1 Å². The Kier molecular flexibility index (Phi) is 8.92. The predicted molar refractivity (Wildman–Crippen MR) is 173 cm³/mol. The maximum absolute atomic E-state index is 15.3. The van der Waals surface area contributed by atoms with E-state index in [0.717, 1.165) is 24.2 Å². The minimum absolute atomic E-state index is 0.0178. The van der Waals surface area contributed by atoms with Crippen molar-refractivity contribution in [2.45, 2.75) is 45.6 Å². The van der Waals surface area contributed by atoms with Gasteiger partial charge in [-0.05, 0) is 63.1 Å². The smallest absolute Gasteiger partial charge is 0.415 e. The number of halogens is 1. The third-order valence-electron chi connectivity index (χ3n) is 9.02. The van der Waals surface area contributed by atoms with Crippen molar-refractivity contribution in [3.63, 3.8) is 0 Å². The highest BCUT2D eigenvalue weighted by Crippen LogP contribution is 2.49. The Morgan fingerprint density at radius 1 is 0.915 bits per heavy atom. The summed E-state index contributed by atoms with van der Waals surface area (Å²) in [7, 11) is 3.46. The second-order valence-electron chi connectivity index (χ2n) is 12.5. The molecule has 1 atom stereocenters. The number of piperazine rings is 1. The van der Waals surface area contributed by atoms with E-state index in [-0.39, 0.29) is 53.6 Å². The monoisotopic (exact) mass is 640 g/mol. The molecular weight excluding hydrogens is 603 g/mol. The van der Waals surface area contributed by atoms with Gasteiger partial charge in [0.05, 0.1) is 23.4 Å². The summed E-state index contributed by atoms with van der Waals surface area (Å²) in [6.07, 6.45) is 1.95. The lowest BCUT2D eigenvalue weighted by atomic mass is 9.87. The molecule has 2 fully saturated rings. The number of Topliss-reactive ketones (excluding diaryl/α,β-unsaturated/α-hetero) is 2. The highest BCUT2D eigenvalue weighted by molar-refractivity contribution is 6.11. The van der Waals surface area contributed by atoms with E-state index in [4.69, 9.17) is 14.2 Å². The molecule has 244 valence electrons. The lowest BCUT2D eigenvalue weighted by Gasteiger charge is -2.37. The number of fused-ring (bicyclic) bond motifs is 1. The Labute approximate surface area is 272 Å². The van der Waals surface area contributed by atoms with E-state index in [2.05, 4.69) is 14.9 Å². The summed E-state index contributed by atoms with van der Waals surface area (Å²) in [6, 6.07) is 15.1. The molecule has 0 bridgehead atoms. The Morgan fingerprint density at radius 2 is 1.62 bits per heavy atom. The molecule has 0 N–H and O–H groups in total. The fraction of sp³-hybridized carbons (Fsp3) is 0.361.